The van der Waals surface area contributed by atoms with E-state index in [0.717, 1.165) is 6.29 Å². The van der Waals surface area contributed by atoms with E-state index in [1.54, 1.807) is 10.6 Å². The predicted molar refractivity (Wildman–Crippen MR) is 43.4 cm³/mol. The number of carbonyl (C=O) groups excluding carboxylic acids is 1. The van der Waals surface area contributed by atoms with E-state index < -0.39 is 0 Å². The van der Waals surface area contributed by atoms with Gasteiger partial charge < -0.3 is 0 Å². The molecule has 0 fully saturated rings. The highest BCUT2D eigenvalue weighted by molar-refractivity contribution is 6.32. The van der Waals surface area contributed by atoms with Crippen molar-refractivity contribution in [2.75, 3.05) is 0 Å². The van der Waals surface area contributed by atoms with Crippen molar-refractivity contribution in [2.45, 2.75) is 0 Å². The lowest BCUT2D eigenvalue weighted by atomic mass is 10.5. The van der Waals surface area contributed by atoms with Gasteiger partial charge in [-0.25, -0.2) is 9.97 Å². The molecule has 0 radical (unpaired) electrons. The summed E-state index contributed by atoms with van der Waals surface area (Å²) >= 11 is 5.72. The first-order valence-electron chi connectivity index (χ1n) is 3.25. The first-order chi connectivity index (χ1) is 5.83. The van der Waals surface area contributed by atoms with Crippen LogP contribution in [0.4, 0.5) is 0 Å². The number of carbonyl (C=O) groups is 1. The maximum absolute atomic E-state index is 10.5. The van der Waals surface area contributed by atoms with Crippen LogP contribution in [0.5, 0.6) is 0 Å². The van der Waals surface area contributed by atoms with E-state index in [1.165, 1.54) is 12.4 Å². The fourth-order valence-corrected chi connectivity index (χ4v) is 1.19. The van der Waals surface area contributed by atoms with Gasteiger partial charge in [0.25, 0.3) is 0 Å². The zero-order valence-electron chi connectivity index (χ0n) is 5.94. The van der Waals surface area contributed by atoms with Gasteiger partial charge in [-0.3, -0.25) is 9.20 Å². The number of imidazole rings is 1. The van der Waals surface area contributed by atoms with Crippen LogP contribution in [0, 0.1) is 0 Å². The Bertz CT molecular complexity index is 437. The number of hydrogen-bond donors (Lipinski definition) is 0. The van der Waals surface area contributed by atoms with E-state index >= 15 is 0 Å². The zero-order chi connectivity index (χ0) is 8.55. The van der Waals surface area contributed by atoms with Crippen molar-refractivity contribution < 1.29 is 4.79 Å². The Balaban J connectivity index is 2.88. The van der Waals surface area contributed by atoms with Crippen LogP contribution in [0.25, 0.3) is 5.65 Å². The van der Waals surface area contributed by atoms with Crippen molar-refractivity contribution in [1.29, 1.82) is 0 Å². The summed E-state index contributed by atoms with van der Waals surface area (Å²) in [5, 5.41) is 0.297. The van der Waals surface area contributed by atoms with Crippen LogP contribution < -0.4 is 0 Å². The molecule has 0 aromatic carbocycles. The summed E-state index contributed by atoms with van der Waals surface area (Å²) in [5.74, 6) is 0. The molecule has 2 aromatic heterocycles. The molecule has 0 unspecified atom stereocenters. The molecule has 0 bridgehead atoms. The Morgan fingerprint density at radius 1 is 1.50 bits per heavy atom. The maximum atomic E-state index is 10.5. The molecule has 60 valence electrons. The van der Waals surface area contributed by atoms with Crippen LogP contribution in [0.1, 0.15) is 10.5 Å². The van der Waals surface area contributed by atoms with Crippen molar-refractivity contribution in [3.63, 3.8) is 0 Å². The SMILES string of the molecule is O=Cc1cnc2c(Cl)nccn12. The quantitative estimate of drug-likeness (QED) is 0.621. The fraction of sp³-hybridized carbons (Fsp3) is 0. The van der Waals surface area contributed by atoms with E-state index in [1.807, 2.05) is 0 Å². The highest BCUT2D eigenvalue weighted by Crippen LogP contribution is 2.12. The average Bonchev–Trinajstić information content (AvgIpc) is 2.49. The third-order valence-electron chi connectivity index (χ3n) is 1.53. The molecular weight excluding hydrogens is 178 g/mol. The van der Waals surface area contributed by atoms with E-state index in [4.69, 9.17) is 11.6 Å². The van der Waals surface area contributed by atoms with E-state index in [9.17, 15) is 4.79 Å². The summed E-state index contributed by atoms with van der Waals surface area (Å²) < 4.78 is 1.59. The number of hydrogen-bond acceptors (Lipinski definition) is 3. The molecule has 0 spiro atoms. The molecule has 2 heterocycles. The van der Waals surface area contributed by atoms with Crippen LogP contribution in [0.2, 0.25) is 5.15 Å². The van der Waals surface area contributed by atoms with Crippen molar-refractivity contribution in [3.8, 4) is 0 Å². The highest BCUT2D eigenvalue weighted by atomic mass is 35.5. The molecule has 0 aliphatic rings. The fourth-order valence-electron chi connectivity index (χ4n) is 0.994. The van der Waals surface area contributed by atoms with Crippen LogP contribution in [0.15, 0.2) is 18.6 Å². The first kappa shape index (κ1) is 7.24. The second-order valence-corrected chi connectivity index (χ2v) is 2.57. The van der Waals surface area contributed by atoms with E-state index in [-0.39, 0.29) is 0 Å². The molecule has 0 amide bonds. The third-order valence-corrected chi connectivity index (χ3v) is 1.80. The zero-order valence-corrected chi connectivity index (χ0v) is 6.69. The molecule has 0 atom stereocenters. The highest BCUT2D eigenvalue weighted by Gasteiger charge is 2.04. The number of aldehydes is 1. The van der Waals surface area contributed by atoms with Crippen molar-refractivity contribution in [3.05, 3.63) is 29.4 Å². The molecule has 0 aliphatic heterocycles. The molecule has 2 rings (SSSR count). The smallest absolute Gasteiger partial charge is 0.175 e. The molecule has 0 aliphatic carbocycles. The van der Waals surface area contributed by atoms with Gasteiger partial charge in [-0.1, -0.05) is 11.6 Å². The standard InChI is InChI=1S/C7H4ClN3O/c8-6-7-10-3-5(4-12)11(7)2-1-9-6/h1-4H. The van der Waals surface area contributed by atoms with Crippen LogP contribution >= 0.6 is 11.6 Å². The molecule has 5 heteroatoms. The third kappa shape index (κ3) is 0.887. The summed E-state index contributed by atoms with van der Waals surface area (Å²) in [4.78, 5) is 18.2. The lowest BCUT2D eigenvalue weighted by molar-refractivity contribution is 0.111. The summed E-state index contributed by atoms with van der Waals surface area (Å²) in [5.41, 5.74) is 0.968. The number of aromatic nitrogens is 3. The van der Waals surface area contributed by atoms with Crippen molar-refractivity contribution in [2.24, 2.45) is 0 Å². The summed E-state index contributed by atoms with van der Waals surface area (Å²) in [6.45, 7) is 0. The number of fused-ring (bicyclic) bond motifs is 1. The topological polar surface area (TPSA) is 47.3 Å². The monoisotopic (exact) mass is 181 g/mol. The minimum absolute atomic E-state index is 0.297. The number of halogens is 1. The lowest BCUT2D eigenvalue weighted by Gasteiger charge is -1.94. The van der Waals surface area contributed by atoms with Gasteiger partial charge >= 0.3 is 0 Å². The molecule has 0 N–H and O–H groups in total. The first-order valence-corrected chi connectivity index (χ1v) is 3.63. The Morgan fingerprint density at radius 2 is 2.33 bits per heavy atom. The minimum atomic E-state index is 0.297. The Kier molecular flexibility index (Phi) is 1.55. The molecule has 2 aromatic rings. The van der Waals surface area contributed by atoms with E-state index in [0.29, 0.717) is 16.5 Å². The summed E-state index contributed by atoms with van der Waals surface area (Å²) in [6, 6.07) is 0. The van der Waals surface area contributed by atoms with Gasteiger partial charge in [0.15, 0.2) is 17.1 Å². The largest absolute Gasteiger partial charge is 0.296 e. The van der Waals surface area contributed by atoms with Gasteiger partial charge in [0.1, 0.15) is 5.69 Å². The van der Waals surface area contributed by atoms with Gasteiger partial charge in [-0.05, 0) is 0 Å². The van der Waals surface area contributed by atoms with Gasteiger partial charge in [-0.2, -0.15) is 0 Å². The van der Waals surface area contributed by atoms with Gasteiger partial charge in [0, 0.05) is 12.4 Å². The molecule has 0 saturated carbocycles. The minimum Gasteiger partial charge on any atom is -0.296 e. The predicted octanol–water partition coefficient (Wildman–Crippen LogP) is 1.20. The number of nitrogens with zero attached hydrogens (tertiary/aromatic N) is 3. The molecule has 0 saturated heterocycles. The maximum Gasteiger partial charge on any atom is 0.175 e. The van der Waals surface area contributed by atoms with Gasteiger partial charge in [0.05, 0.1) is 6.20 Å². The Labute approximate surface area is 72.8 Å². The number of rotatable bonds is 1. The van der Waals surface area contributed by atoms with Crippen molar-refractivity contribution >= 4 is 23.5 Å². The van der Waals surface area contributed by atoms with Crippen LogP contribution in [-0.4, -0.2) is 20.7 Å². The van der Waals surface area contributed by atoms with Crippen LogP contribution in [-0.2, 0) is 0 Å². The molecule has 12 heavy (non-hydrogen) atoms. The Hall–Kier alpha value is -1.42. The second kappa shape index (κ2) is 2.57. The molecule has 4 nitrogen and oxygen atoms in total. The molecular formula is C7H4ClN3O. The lowest BCUT2D eigenvalue weighted by Crippen LogP contribution is -1.91. The van der Waals surface area contributed by atoms with Gasteiger partial charge in [-0.15, -0.1) is 0 Å². The van der Waals surface area contributed by atoms with Crippen molar-refractivity contribution in [1.82, 2.24) is 14.4 Å². The summed E-state index contributed by atoms with van der Waals surface area (Å²) in [7, 11) is 0. The normalized spacial score (nSPS) is 10.4. The van der Waals surface area contributed by atoms with E-state index in [2.05, 4.69) is 9.97 Å². The second-order valence-electron chi connectivity index (χ2n) is 2.21. The Morgan fingerprint density at radius 3 is 3.08 bits per heavy atom. The van der Waals surface area contributed by atoms with Gasteiger partial charge in [0.2, 0.25) is 0 Å². The van der Waals surface area contributed by atoms with Crippen LogP contribution in [0.3, 0.4) is 0 Å². The average molecular weight is 182 g/mol. The summed E-state index contributed by atoms with van der Waals surface area (Å²) in [6.07, 6.45) is 5.33.